The zero-order valence-electron chi connectivity index (χ0n) is 20.2. The number of aromatic nitrogens is 4. The van der Waals surface area contributed by atoms with Crippen LogP contribution in [0.4, 0.5) is 11.5 Å². The molecule has 2 aromatic carbocycles. The quantitative estimate of drug-likeness (QED) is 0.225. The standard InChI is InChI=1S/C25H23ClN6O3S2/c1-15-5-4-6-18(11-15)14-36-25-27-13-21(26)23(31-25)24(33)30-19-7-9-20(10-8-19)37(34,35)32-22-12-16(2)28-17(3)29-22/h4-13H,14H2,1-3H3,(H,30,33)(H,28,29,32). The fourth-order valence-electron chi connectivity index (χ4n) is 3.40. The van der Waals surface area contributed by atoms with Crippen molar-refractivity contribution in [1.82, 2.24) is 19.9 Å². The summed E-state index contributed by atoms with van der Waals surface area (Å²) in [5.41, 5.74) is 3.31. The molecular weight excluding hydrogens is 532 g/mol. The molecular formula is C25H23ClN6O3S2. The van der Waals surface area contributed by atoms with E-state index in [4.69, 9.17) is 11.6 Å². The molecule has 0 atom stereocenters. The van der Waals surface area contributed by atoms with Crippen molar-refractivity contribution in [2.24, 2.45) is 0 Å². The molecule has 0 aliphatic rings. The highest BCUT2D eigenvalue weighted by Gasteiger charge is 2.18. The van der Waals surface area contributed by atoms with Crippen molar-refractivity contribution in [2.75, 3.05) is 10.0 Å². The number of carbonyl (C=O) groups is 1. The van der Waals surface area contributed by atoms with E-state index in [1.165, 1.54) is 48.3 Å². The maximum atomic E-state index is 12.9. The van der Waals surface area contributed by atoms with E-state index in [-0.39, 0.29) is 21.4 Å². The minimum Gasteiger partial charge on any atom is -0.321 e. The molecule has 0 aliphatic heterocycles. The molecule has 0 saturated carbocycles. The molecule has 4 aromatic rings. The van der Waals surface area contributed by atoms with Crippen LogP contribution in [-0.2, 0) is 15.8 Å². The molecule has 190 valence electrons. The van der Waals surface area contributed by atoms with Gasteiger partial charge in [-0.3, -0.25) is 9.52 Å². The number of nitrogens with one attached hydrogen (secondary N) is 2. The van der Waals surface area contributed by atoms with Gasteiger partial charge in [0.25, 0.3) is 15.9 Å². The Labute approximate surface area is 224 Å². The van der Waals surface area contributed by atoms with E-state index < -0.39 is 15.9 Å². The van der Waals surface area contributed by atoms with Crippen LogP contribution in [0, 0.1) is 20.8 Å². The molecule has 2 N–H and O–H groups in total. The van der Waals surface area contributed by atoms with Gasteiger partial charge in [0.1, 0.15) is 11.6 Å². The molecule has 1 amide bonds. The van der Waals surface area contributed by atoms with Crippen LogP contribution in [0.25, 0.3) is 0 Å². The van der Waals surface area contributed by atoms with Gasteiger partial charge in [0.15, 0.2) is 10.9 Å². The van der Waals surface area contributed by atoms with Crippen molar-refractivity contribution in [3.05, 3.63) is 94.2 Å². The topological polar surface area (TPSA) is 127 Å². The van der Waals surface area contributed by atoms with Crippen molar-refractivity contribution in [3.8, 4) is 0 Å². The summed E-state index contributed by atoms with van der Waals surface area (Å²) in [6.07, 6.45) is 1.39. The summed E-state index contributed by atoms with van der Waals surface area (Å²) in [6, 6.07) is 15.3. The van der Waals surface area contributed by atoms with Crippen molar-refractivity contribution in [2.45, 2.75) is 36.6 Å². The molecule has 0 unspecified atom stereocenters. The average molecular weight is 555 g/mol. The molecule has 0 spiro atoms. The highest BCUT2D eigenvalue weighted by atomic mass is 35.5. The second kappa shape index (κ2) is 11.2. The number of aryl methyl sites for hydroxylation is 3. The lowest BCUT2D eigenvalue weighted by molar-refractivity contribution is 0.102. The van der Waals surface area contributed by atoms with E-state index in [9.17, 15) is 13.2 Å². The molecule has 2 aromatic heterocycles. The largest absolute Gasteiger partial charge is 0.321 e. The van der Waals surface area contributed by atoms with Crippen molar-refractivity contribution < 1.29 is 13.2 Å². The van der Waals surface area contributed by atoms with Gasteiger partial charge in [-0.2, -0.15) is 0 Å². The highest BCUT2D eigenvalue weighted by Crippen LogP contribution is 2.24. The number of sulfonamides is 1. The summed E-state index contributed by atoms with van der Waals surface area (Å²) in [7, 11) is -3.89. The smallest absolute Gasteiger partial charge is 0.275 e. The number of rotatable bonds is 8. The van der Waals surface area contributed by atoms with E-state index >= 15 is 0 Å². The summed E-state index contributed by atoms with van der Waals surface area (Å²) in [6.45, 7) is 5.45. The molecule has 4 rings (SSSR count). The first-order valence-electron chi connectivity index (χ1n) is 11.1. The third kappa shape index (κ3) is 7.03. The van der Waals surface area contributed by atoms with Crippen molar-refractivity contribution in [1.29, 1.82) is 0 Å². The molecule has 0 bridgehead atoms. The van der Waals surface area contributed by atoms with Crippen molar-refractivity contribution in [3.63, 3.8) is 0 Å². The lowest BCUT2D eigenvalue weighted by Crippen LogP contribution is -2.16. The fraction of sp³-hybridized carbons (Fsp3) is 0.160. The Bertz CT molecular complexity index is 1540. The lowest BCUT2D eigenvalue weighted by Gasteiger charge is -2.10. The summed E-state index contributed by atoms with van der Waals surface area (Å²) < 4.78 is 27.9. The minimum atomic E-state index is -3.89. The molecule has 12 heteroatoms. The zero-order chi connectivity index (χ0) is 26.6. The summed E-state index contributed by atoms with van der Waals surface area (Å²) in [4.78, 5) is 29.6. The predicted molar refractivity (Wildman–Crippen MR) is 144 cm³/mol. The molecule has 0 radical (unpaired) electrons. The molecule has 2 heterocycles. The second-order valence-electron chi connectivity index (χ2n) is 8.15. The predicted octanol–water partition coefficient (Wildman–Crippen LogP) is 5.19. The second-order valence-corrected chi connectivity index (χ2v) is 11.2. The first-order chi connectivity index (χ1) is 17.6. The van der Waals surface area contributed by atoms with Crippen LogP contribution >= 0.6 is 23.4 Å². The first-order valence-corrected chi connectivity index (χ1v) is 13.9. The maximum absolute atomic E-state index is 12.9. The Morgan fingerprint density at radius 1 is 1.00 bits per heavy atom. The third-order valence-electron chi connectivity index (χ3n) is 5.01. The Morgan fingerprint density at radius 3 is 2.46 bits per heavy atom. The Hall–Kier alpha value is -3.54. The zero-order valence-corrected chi connectivity index (χ0v) is 22.6. The third-order valence-corrected chi connectivity index (χ3v) is 7.59. The molecule has 0 saturated heterocycles. The van der Waals surface area contributed by atoms with Crippen LogP contribution in [0.5, 0.6) is 0 Å². The van der Waals surface area contributed by atoms with Crippen LogP contribution in [0.3, 0.4) is 0 Å². The molecule has 37 heavy (non-hydrogen) atoms. The number of carbonyl (C=O) groups excluding carboxylic acids is 1. The van der Waals surface area contributed by atoms with Crippen molar-refractivity contribution >= 4 is 50.8 Å². The Morgan fingerprint density at radius 2 is 1.76 bits per heavy atom. The number of hydrogen-bond donors (Lipinski definition) is 2. The summed E-state index contributed by atoms with van der Waals surface area (Å²) in [5.74, 6) is 0.737. The van der Waals surface area contributed by atoms with Gasteiger partial charge in [0.2, 0.25) is 0 Å². The van der Waals surface area contributed by atoms with Gasteiger partial charge in [-0.05, 0) is 50.6 Å². The number of amides is 1. The maximum Gasteiger partial charge on any atom is 0.275 e. The van der Waals surface area contributed by atoms with Gasteiger partial charge in [0.05, 0.1) is 16.1 Å². The molecule has 0 aliphatic carbocycles. The number of nitrogens with zero attached hydrogens (tertiary/aromatic N) is 4. The number of thioether (sulfide) groups is 1. The summed E-state index contributed by atoms with van der Waals surface area (Å²) in [5, 5.41) is 3.22. The van der Waals surface area contributed by atoms with Gasteiger partial charge >= 0.3 is 0 Å². The summed E-state index contributed by atoms with van der Waals surface area (Å²) >= 11 is 7.58. The minimum absolute atomic E-state index is 0.00863. The normalized spacial score (nSPS) is 11.2. The van der Waals surface area contributed by atoms with Gasteiger partial charge in [0, 0.05) is 23.2 Å². The van der Waals surface area contributed by atoms with E-state index in [0.717, 1.165) is 11.1 Å². The van der Waals surface area contributed by atoms with Gasteiger partial charge in [-0.1, -0.05) is 53.2 Å². The SMILES string of the molecule is Cc1cccc(CSc2ncc(Cl)c(C(=O)Nc3ccc(S(=O)(=O)Nc4cc(C)nc(C)n4)cc3)n2)c1. The highest BCUT2D eigenvalue weighted by molar-refractivity contribution is 7.98. The van der Waals surface area contributed by atoms with E-state index in [1.54, 1.807) is 13.8 Å². The molecule has 0 fully saturated rings. The molecule has 9 nitrogen and oxygen atoms in total. The fourth-order valence-corrected chi connectivity index (χ4v) is 5.33. The van der Waals surface area contributed by atoms with Gasteiger partial charge in [-0.25, -0.2) is 28.4 Å². The number of hydrogen-bond acceptors (Lipinski definition) is 8. The monoisotopic (exact) mass is 554 g/mol. The van der Waals surface area contributed by atoms with E-state index in [0.29, 0.717) is 28.1 Å². The van der Waals surface area contributed by atoms with Crippen LogP contribution in [0.15, 0.2) is 70.8 Å². The lowest BCUT2D eigenvalue weighted by atomic mass is 10.2. The number of halogens is 1. The van der Waals surface area contributed by atoms with Gasteiger partial charge in [-0.15, -0.1) is 0 Å². The van der Waals surface area contributed by atoms with E-state index in [2.05, 4.69) is 36.0 Å². The van der Waals surface area contributed by atoms with Crippen LogP contribution in [0.2, 0.25) is 5.02 Å². The number of anilines is 2. The van der Waals surface area contributed by atoms with E-state index in [1.807, 2.05) is 25.1 Å². The van der Waals surface area contributed by atoms with Crippen LogP contribution in [0.1, 0.15) is 33.1 Å². The Balaban J connectivity index is 1.44. The number of benzene rings is 2. The van der Waals surface area contributed by atoms with Gasteiger partial charge < -0.3 is 5.32 Å². The average Bonchev–Trinajstić information content (AvgIpc) is 2.83. The Kier molecular flexibility index (Phi) is 8.06. The first kappa shape index (κ1) is 26.5. The van der Waals surface area contributed by atoms with Crippen LogP contribution < -0.4 is 10.0 Å². The van der Waals surface area contributed by atoms with Crippen LogP contribution in [-0.4, -0.2) is 34.3 Å².